The smallest absolute Gasteiger partial charge is 0.258 e. The van der Waals surface area contributed by atoms with E-state index < -0.39 is 4.92 Å². The van der Waals surface area contributed by atoms with Crippen LogP contribution in [0, 0.1) is 10.1 Å². The third kappa shape index (κ3) is 3.24. The second kappa shape index (κ2) is 5.09. The van der Waals surface area contributed by atoms with Crippen molar-refractivity contribution >= 4 is 29.1 Å². The summed E-state index contributed by atoms with van der Waals surface area (Å²) in [6, 6.07) is 6.46. The van der Waals surface area contributed by atoms with Crippen LogP contribution in [0.25, 0.3) is 0 Å². The summed E-state index contributed by atoms with van der Waals surface area (Å²) < 4.78 is 0. The van der Waals surface area contributed by atoms with Crippen molar-refractivity contribution in [3.8, 4) is 0 Å². The summed E-state index contributed by atoms with van der Waals surface area (Å²) in [6.07, 6.45) is 0. The molecule has 3 nitrogen and oxygen atoms in total. The number of nitro groups is 1. The van der Waals surface area contributed by atoms with Gasteiger partial charge in [-0.05, 0) is 12.1 Å². The molecule has 70 valence electrons. The van der Waals surface area contributed by atoms with Crippen LogP contribution in [0.15, 0.2) is 29.2 Å². The van der Waals surface area contributed by atoms with Crippen LogP contribution < -0.4 is 0 Å². The number of hydrogen-bond acceptors (Lipinski definition) is 3. The number of hydrogen-bond donors (Lipinski definition) is 0. The van der Waals surface area contributed by atoms with E-state index in [0.29, 0.717) is 5.88 Å². The van der Waals surface area contributed by atoms with Crippen LogP contribution in [0.5, 0.6) is 0 Å². The molecule has 0 N–H and O–H groups in total. The molecule has 0 saturated heterocycles. The molecule has 0 fully saturated rings. The van der Waals surface area contributed by atoms with Crippen molar-refractivity contribution in [3.05, 3.63) is 34.4 Å². The van der Waals surface area contributed by atoms with Crippen molar-refractivity contribution in [2.45, 2.75) is 4.90 Å². The van der Waals surface area contributed by atoms with Crippen molar-refractivity contribution in [1.29, 1.82) is 0 Å². The summed E-state index contributed by atoms with van der Waals surface area (Å²) in [5.41, 5.74) is 0.121. The van der Waals surface area contributed by atoms with E-state index in [9.17, 15) is 10.1 Å². The normalized spacial score (nSPS) is 9.92. The lowest BCUT2D eigenvalue weighted by atomic mass is 10.3. The molecule has 0 amide bonds. The van der Waals surface area contributed by atoms with Gasteiger partial charge in [-0.3, -0.25) is 10.1 Å². The molecule has 5 heteroatoms. The molecule has 0 aliphatic heterocycles. The lowest BCUT2D eigenvalue weighted by Gasteiger charge is -1.97. The minimum Gasteiger partial charge on any atom is -0.258 e. The van der Waals surface area contributed by atoms with E-state index >= 15 is 0 Å². The molecule has 0 heterocycles. The minimum absolute atomic E-state index is 0.121. The fourth-order valence-electron chi connectivity index (χ4n) is 0.821. The molecule has 0 bridgehead atoms. The predicted octanol–water partition coefficient (Wildman–Crippen LogP) is 2.93. The zero-order valence-corrected chi connectivity index (χ0v) is 8.35. The highest BCUT2D eigenvalue weighted by Gasteiger charge is 2.03. The van der Waals surface area contributed by atoms with Gasteiger partial charge < -0.3 is 0 Å². The number of non-ortho nitro benzene ring substituents is 1. The molecule has 13 heavy (non-hydrogen) atoms. The third-order valence-corrected chi connectivity index (χ3v) is 2.82. The molecule has 0 radical (unpaired) electrons. The number of halogens is 1. The molecule has 0 unspecified atom stereocenters. The highest BCUT2D eigenvalue weighted by Crippen LogP contribution is 2.21. The van der Waals surface area contributed by atoms with Crippen LogP contribution in [-0.4, -0.2) is 16.6 Å². The second-order valence-electron chi connectivity index (χ2n) is 2.29. The van der Waals surface area contributed by atoms with Gasteiger partial charge in [0, 0.05) is 28.7 Å². The Labute approximate surface area is 85.2 Å². The van der Waals surface area contributed by atoms with Gasteiger partial charge in [-0.25, -0.2) is 0 Å². The summed E-state index contributed by atoms with van der Waals surface area (Å²) in [5.74, 6) is 1.40. The fraction of sp³-hybridized carbons (Fsp3) is 0.250. The Morgan fingerprint density at radius 3 is 2.46 bits per heavy atom. The molecule has 0 spiro atoms. The number of benzene rings is 1. The van der Waals surface area contributed by atoms with Crippen molar-refractivity contribution < 1.29 is 4.92 Å². The van der Waals surface area contributed by atoms with Gasteiger partial charge in [0.15, 0.2) is 0 Å². The fourth-order valence-corrected chi connectivity index (χ4v) is 1.69. The average molecular weight is 218 g/mol. The number of rotatable bonds is 4. The molecule has 1 rings (SSSR count). The van der Waals surface area contributed by atoms with Crippen molar-refractivity contribution in [2.75, 3.05) is 11.6 Å². The quantitative estimate of drug-likeness (QED) is 0.337. The Bertz CT molecular complexity index is 289. The zero-order chi connectivity index (χ0) is 9.68. The van der Waals surface area contributed by atoms with E-state index in [1.54, 1.807) is 23.9 Å². The molecule has 0 atom stereocenters. The number of alkyl halides is 1. The molecular formula is C8H8ClNO2S. The highest BCUT2D eigenvalue weighted by molar-refractivity contribution is 7.99. The Kier molecular flexibility index (Phi) is 4.05. The van der Waals surface area contributed by atoms with Crippen molar-refractivity contribution in [1.82, 2.24) is 0 Å². The summed E-state index contributed by atoms with van der Waals surface area (Å²) in [7, 11) is 0. The van der Waals surface area contributed by atoms with Crippen LogP contribution in [0.1, 0.15) is 0 Å². The van der Waals surface area contributed by atoms with E-state index in [1.165, 1.54) is 12.1 Å². The van der Waals surface area contributed by atoms with E-state index in [-0.39, 0.29) is 5.69 Å². The van der Waals surface area contributed by atoms with E-state index in [0.717, 1.165) is 10.6 Å². The highest BCUT2D eigenvalue weighted by atomic mass is 35.5. The Morgan fingerprint density at radius 2 is 2.00 bits per heavy atom. The number of nitrogens with zero attached hydrogens (tertiary/aromatic N) is 1. The maximum atomic E-state index is 10.3. The van der Waals surface area contributed by atoms with Crippen molar-refractivity contribution in [2.24, 2.45) is 0 Å². The lowest BCUT2D eigenvalue weighted by molar-refractivity contribution is -0.384. The first kappa shape index (κ1) is 10.3. The molecule has 0 aromatic heterocycles. The summed E-state index contributed by atoms with van der Waals surface area (Å²) in [4.78, 5) is 10.9. The molecule has 0 saturated carbocycles. The van der Waals surface area contributed by atoms with Gasteiger partial charge >= 0.3 is 0 Å². The Hall–Kier alpha value is -0.740. The predicted molar refractivity (Wildman–Crippen MR) is 54.5 cm³/mol. The standard InChI is InChI=1S/C8H8ClNO2S/c9-5-6-13-8-3-1-7(2-4-8)10(11)12/h1-4H,5-6H2. The Balaban J connectivity index is 2.64. The minimum atomic E-state index is -0.407. The Morgan fingerprint density at radius 1 is 1.38 bits per heavy atom. The molecular weight excluding hydrogens is 210 g/mol. The van der Waals surface area contributed by atoms with Gasteiger partial charge in [0.2, 0.25) is 0 Å². The molecule has 0 aliphatic carbocycles. The van der Waals surface area contributed by atoms with Gasteiger partial charge in [-0.1, -0.05) is 0 Å². The van der Waals surface area contributed by atoms with Crippen LogP contribution in [0.2, 0.25) is 0 Å². The van der Waals surface area contributed by atoms with Gasteiger partial charge in [0.25, 0.3) is 5.69 Å². The van der Waals surface area contributed by atoms with Crippen LogP contribution >= 0.6 is 23.4 Å². The summed E-state index contributed by atoms with van der Waals surface area (Å²) >= 11 is 7.09. The maximum Gasteiger partial charge on any atom is 0.269 e. The van der Waals surface area contributed by atoms with Crippen LogP contribution in [-0.2, 0) is 0 Å². The molecule has 1 aromatic rings. The van der Waals surface area contributed by atoms with Gasteiger partial charge in [-0.15, -0.1) is 23.4 Å². The summed E-state index contributed by atoms with van der Waals surface area (Å²) in [5, 5.41) is 10.3. The topological polar surface area (TPSA) is 43.1 Å². The third-order valence-electron chi connectivity index (χ3n) is 1.39. The van der Waals surface area contributed by atoms with Crippen molar-refractivity contribution in [3.63, 3.8) is 0 Å². The van der Waals surface area contributed by atoms with Gasteiger partial charge in [0.05, 0.1) is 4.92 Å². The van der Waals surface area contributed by atoms with Crippen LogP contribution in [0.4, 0.5) is 5.69 Å². The summed E-state index contributed by atoms with van der Waals surface area (Å²) in [6.45, 7) is 0. The number of thioether (sulfide) groups is 1. The first-order valence-electron chi connectivity index (χ1n) is 3.67. The van der Waals surface area contributed by atoms with E-state index in [1.807, 2.05) is 0 Å². The second-order valence-corrected chi connectivity index (χ2v) is 3.83. The SMILES string of the molecule is O=[N+]([O-])c1ccc(SCCCl)cc1. The van der Waals surface area contributed by atoms with E-state index in [2.05, 4.69) is 0 Å². The molecule has 0 aliphatic rings. The average Bonchev–Trinajstić information content (AvgIpc) is 2.15. The van der Waals surface area contributed by atoms with Crippen LogP contribution in [0.3, 0.4) is 0 Å². The van der Waals surface area contributed by atoms with Gasteiger partial charge in [0.1, 0.15) is 0 Å². The maximum absolute atomic E-state index is 10.3. The monoisotopic (exact) mass is 217 g/mol. The zero-order valence-electron chi connectivity index (χ0n) is 6.77. The van der Waals surface area contributed by atoms with Gasteiger partial charge in [-0.2, -0.15) is 0 Å². The largest absolute Gasteiger partial charge is 0.269 e. The van der Waals surface area contributed by atoms with E-state index in [4.69, 9.17) is 11.6 Å². The number of nitro benzene ring substituents is 1. The first-order valence-corrected chi connectivity index (χ1v) is 5.19. The molecule has 1 aromatic carbocycles. The lowest BCUT2D eigenvalue weighted by Crippen LogP contribution is -1.87. The first-order chi connectivity index (χ1) is 6.24.